The zero-order chi connectivity index (χ0) is 44.1. The molecular weight excluding hydrogens is 806 g/mol. The number of ether oxygens (including phenoxy) is 3. The molecule has 1 heterocycles. The van der Waals surface area contributed by atoms with Gasteiger partial charge in [-0.3, -0.25) is 19.2 Å². The van der Waals surface area contributed by atoms with Crippen molar-refractivity contribution in [3.8, 4) is 34.1 Å². The number of unbranched alkanes of at least 4 members (excludes halogenated alkanes) is 1. The van der Waals surface area contributed by atoms with Gasteiger partial charge in [0, 0.05) is 48.3 Å². The van der Waals surface area contributed by atoms with Crippen molar-refractivity contribution in [3.63, 3.8) is 0 Å². The maximum Gasteiger partial charge on any atom is 0.326 e. The molecule has 0 saturated heterocycles. The first-order valence-electron chi connectivity index (χ1n) is 19.9. The van der Waals surface area contributed by atoms with Gasteiger partial charge in [0.2, 0.25) is 17.7 Å². The number of aliphatic carboxylic acids is 1. The number of fused-ring (bicyclic) bond motifs is 5. The third-order valence-electron chi connectivity index (χ3n) is 9.91. The molecule has 10 N–H and O–H groups in total. The monoisotopic (exact) mass is 857 g/mol. The molecule has 0 unspecified atom stereocenters. The van der Waals surface area contributed by atoms with Crippen LogP contribution in [0.15, 0.2) is 84.9 Å². The molecule has 16 nitrogen and oxygen atoms in total. The van der Waals surface area contributed by atoms with Crippen molar-refractivity contribution in [2.75, 3.05) is 39.9 Å². The van der Waals surface area contributed by atoms with Gasteiger partial charge < -0.3 is 57.4 Å². The Morgan fingerprint density at radius 1 is 0.820 bits per heavy atom. The number of nitrogens with one attached hydrogen (secondary N) is 3. The highest BCUT2D eigenvalue weighted by Crippen LogP contribution is 2.40. The van der Waals surface area contributed by atoms with Crippen LogP contribution in [-0.2, 0) is 25.6 Å². The van der Waals surface area contributed by atoms with E-state index in [2.05, 4.69) is 16.0 Å². The predicted molar refractivity (Wildman–Crippen MR) is 229 cm³/mol. The second kappa shape index (κ2) is 21.9. The molecule has 1 aliphatic rings. The third kappa shape index (κ3) is 12.2. The molecule has 4 bridgehead atoms. The van der Waals surface area contributed by atoms with Crippen LogP contribution in [0, 0.1) is 0 Å². The Balaban J connectivity index is 1.55. The van der Waals surface area contributed by atoms with E-state index in [9.17, 15) is 29.1 Å². The second-order valence-corrected chi connectivity index (χ2v) is 14.9. The van der Waals surface area contributed by atoms with Crippen LogP contribution in [-0.4, -0.2) is 97.6 Å². The highest BCUT2D eigenvalue weighted by Gasteiger charge is 2.36. The first-order valence-corrected chi connectivity index (χ1v) is 20.3. The quantitative estimate of drug-likeness (QED) is 0.0754. The number of hydrogen-bond acceptors (Lipinski definition) is 11. The average molecular weight is 858 g/mol. The summed E-state index contributed by atoms with van der Waals surface area (Å²) in [7, 11) is 1.43. The lowest BCUT2D eigenvalue weighted by Gasteiger charge is -2.32. The Bertz CT molecular complexity index is 2170. The summed E-state index contributed by atoms with van der Waals surface area (Å²) in [5.41, 5.74) is 19.5. The number of amides is 4. The molecule has 4 aromatic carbocycles. The molecule has 0 fully saturated rings. The van der Waals surface area contributed by atoms with Crippen molar-refractivity contribution < 1.29 is 43.3 Å². The van der Waals surface area contributed by atoms with Crippen LogP contribution in [0.4, 0.5) is 0 Å². The van der Waals surface area contributed by atoms with Crippen molar-refractivity contribution in [1.29, 1.82) is 0 Å². The number of benzene rings is 4. The standard InChI is InChI=1S/C44H52ClN7O9/c1-26-40(53)51-36(44(57)58)24-27-6-16-37(59-21-19-47)33(23-27)34-25-29(9-17-38(34)60-22-20-48)39(42(55)49-26)52(2)43(56)35(5-3-4-18-46)50-41(54)28-7-12-31(13-8-28)61-32-14-10-30(45)11-15-32/h6-17,23,25-26,35-36,39H,3-5,18-22,24,46-48H2,1-2H3,(H,49,55)(H,50,54)(H,51,53)(H,57,58)/t26-,35-,36-,39-/m0/s1. The van der Waals surface area contributed by atoms with Crippen LogP contribution >= 0.6 is 11.6 Å². The van der Waals surface area contributed by atoms with Crippen molar-refractivity contribution in [2.45, 2.75) is 56.8 Å². The fourth-order valence-electron chi connectivity index (χ4n) is 6.75. The molecular formula is C44H52ClN7O9. The Morgan fingerprint density at radius 2 is 1.43 bits per heavy atom. The molecule has 0 saturated carbocycles. The second-order valence-electron chi connectivity index (χ2n) is 14.4. The molecule has 4 amide bonds. The largest absolute Gasteiger partial charge is 0.492 e. The minimum Gasteiger partial charge on any atom is -0.492 e. The van der Waals surface area contributed by atoms with Crippen LogP contribution in [0.3, 0.4) is 0 Å². The van der Waals surface area contributed by atoms with E-state index in [1.54, 1.807) is 84.9 Å². The van der Waals surface area contributed by atoms with Gasteiger partial charge in [0.25, 0.3) is 5.91 Å². The van der Waals surface area contributed by atoms with E-state index in [-0.39, 0.29) is 44.7 Å². The van der Waals surface area contributed by atoms with E-state index in [0.29, 0.717) is 69.7 Å². The molecule has 4 aromatic rings. The molecule has 4 atom stereocenters. The van der Waals surface area contributed by atoms with Crippen molar-refractivity contribution >= 4 is 41.2 Å². The van der Waals surface area contributed by atoms with Gasteiger partial charge >= 0.3 is 5.97 Å². The van der Waals surface area contributed by atoms with Crippen LogP contribution in [0.5, 0.6) is 23.0 Å². The number of nitrogens with zero attached hydrogens (tertiary/aromatic N) is 1. The Kier molecular flexibility index (Phi) is 16.5. The van der Waals surface area contributed by atoms with Crippen molar-refractivity contribution in [3.05, 3.63) is 107 Å². The van der Waals surface area contributed by atoms with E-state index in [4.69, 9.17) is 43.0 Å². The molecule has 0 aromatic heterocycles. The van der Waals surface area contributed by atoms with E-state index in [0.717, 1.165) is 0 Å². The predicted octanol–water partition coefficient (Wildman–Crippen LogP) is 3.53. The van der Waals surface area contributed by atoms with Crippen LogP contribution in [0.25, 0.3) is 11.1 Å². The lowest BCUT2D eigenvalue weighted by molar-refractivity contribution is -0.143. The van der Waals surface area contributed by atoms with E-state index >= 15 is 0 Å². The summed E-state index contributed by atoms with van der Waals surface area (Å²) in [6.07, 6.45) is 1.14. The lowest BCUT2D eigenvalue weighted by atomic mass is 9.93. The summed E-state index contributed by atoms with van der Waals surface area (Å²) >= 11 is 5.98. The number of nitrogens with two attached hydrogens (primary N) is 3. The van der Waals surface area contributed by atoms with Crippen molar-refractivity contribution in [1.82, 2.24) is 20.9 Å². The third-order valence-corrected chi connectivity index (χ3v) is 10.2. The Morgan fingerprint density at radius 3 is 2.03 bits per heavy atom. The van der Waals surface area contributed by atoms with E-state index < -0.39 is 53.8 Å². The number of carboxylic acids is 1. The highest BCUT2D eigenvalue weighted by molar-refractivity contribution is 6.30. The number of carbonyl (C=O) groups is 5. The number of hydrogen-bond donors (Lipinski definition) is 7. The molecule has 0 aliphatic carbocycles. The van der Waals surface area contributed by atoms with Gasteiger partial charge in [-0.15, -0.1) is 0 Å². The topological polar surface area (TPSA) is 251 Å². The first kappa shape index (κ1) is 45.9. The SMILES string of the molecule is C[C@@H]1NC(=O)[C@@H](N(C)C(=O)[C@H](CCCCN)NC(=O)c2ccc(Oc3ccc(Cl)cc3)cc2)c2ccc(OCCN)c(c2)-c2cc(ccc2OCCN)C[C@@H](C(=O)O)NC1=O. The summed E-state index contributed by atoms with van der Waals surface area (Å²) in [5.74, 6) is -2.15. The molecule has 0 radical (unpaired) electrons. The number of carboxylic acid groups (broad SMARTS) is 1. The summed E-state index contributed by atoms with van der Waals surface area (Å²) < 4.78 is 17.9. The normalized spacial score (nSPS) is 16.9. The smallest absolute Gasteiger partial charge is 0.326 e. The van der Waals surface area contributed by atoms with Gasteiger partial charge in [-0.05, 0) is 117 Å². The number of likely N-dealkylation sites (N-methyl/N-ethyl adjacent to an activating group) is 1. The number of rotatable bonds is 17. The van der Waals surface area contributed by atoms with Gasteiger partial charge in [0.15, 0.2) is 0 Å². The Labute approximate surface area is 359 Å². The van der Waals surface area contributed by atoms with Gasteiger partial charge in [0.05, 0.1) is 0 Å². The molecule has 0 spiro atoms. The van der Waals surface area contributed by atoms with Gasteiger partial charge in [-0.1, -0.05) is 23.7 Å². The first-order chi connectivity index (χ1) is 29.3. The minimum atomic E-state index is -1.38. The fourth-order valence-corrected chi connectivity index (χ4v) is 6.88. The molecule has 324 valence electrons. The average Bonchev–Trinajstić information content (AvgIpc) is 3.25. The maximum atomic E-state index is 14.6. The molecule has 5 rings (SSSR count). The van der Waals surface area contributed by atoms with Gasteiger partial charge in [-0.25, -0.2) is 4.79 Å². The van der Waals surface area contributed by atoms with Gasteiger partial charge in [0.1, 0.15) is 60.4 Å². The van der Waals surface area contributed by atoms with Crippen molar-refractivity contribution in [2.24, 2.45) is 17.2 Å². The fraction of sp³-hybridized carbons (Fsp3) is 0.341. The zero-order valence-electron chi connectivity index (χ0n) is 34.0. The zero-order valence-corrected chi connectivity index (χ0v) is 34.8. The maximum absolute atomic E-state index is 14.6. The summed E-state index contributed by atoms with van der Waals surface area (Å²) in [6, 6.07) is 18.1. The summed E-state index contributed by atoms with van der Waals surface area (Å²) in [5, 5.41) is 18.7. The highest BCUT2D eigenvalue weighted by atomic mass is 35.5. The van der Waals surface area contributed by atoms with Crippen LogP contribution in [0.1, 0.15) is 53.7 Å². The van der Waals surface area contributed by atoms with E-state index in [1.165, 1.54) is 18.9 Å². The lowest BCUT2D eigenvalue weighted by Crippen LogP contribution is -2.54. The summed E-state index contributed by atoms with van der Waals surface area (Å²) in [6.45, 7) is 2.45. The van der Waals surface area contributed by atoms with Crippen LogP contribution in [0.2, 0.25) is 5.02 Å². The molecule has 1 aliphatic heterocycles. The Hall–Kier alpha value is -6.20. The van der Waals surface area contributed by atoms with Gasteiger partial charge in [-0.2, -0.15) is 0 Å². The van der Waals surface area contributed by atoms with E-state index in [1.807, 2.05) is 0 Å². The number of carbonyl (C=O) groups excluding carboxylic acids is 4. The van der Waals surface area contributed by atoms with Crippen LogP contribution < -0.4 is 47.4 Å². The number of halogens is 1. The minimum absolute atomic E-state index is 0.0942. The molecule has 17 heteroatoms. The summed E-state index contributed by atoms with van der Waals surface area (Å²) in [4.78, 5) is 69.8. The molecule has 61 heavy (non-hydrogen) atoms.